The van der Waals surface area contributed by atoms with Crippen LogP contribution >= 0.6 is 11.3 Å². The minimum atomic E-state index is -0.467. The van der Waals surface area contributed by atoms with E-state index in [0.717, 1.165) is 98.2 Å². The molecule has 2 aromatic rings. The van der Waals surface area contributed by atoms with Crippen molar-refractivity contribution in [2.24, 2.45) is 23.7 Å². The molecule has 0 saturated heterocycles. The summed E-state index contributed by atoms with van der Waals surface area (Å²) in [5.74, 6) is 1.85. The van der Waals surface area contributed by atoms with Crippen molar-refractivity contribution < 1.29 is 23.8 Å². The van der Waals surface area contributed by atoms with Gasteiger partial charge in [-0.2, -0.15) is 0 Å². The summed E-state index contributed by atoms with van der Waals surface area (Å²) < 4.78 is 16.7. The summed E-state index contributed by atoms with van der Waals surface area (Å²) in [6.07, 6.45) is 13.1. The summed E-state index contributed by atoms with van der Waals surface area (Å²) in [4.78, 5) is 33.1. The minimum Gasteiger partial charge on any atom is -0.481 e. The van der Waals surface area contributed by atoms with E-state index in [1.165, 1.54) is 23.1 Å². The summed E-state index contributed by atoms with van der Waals surface area (Å²) in [6.45, 7) is 20.8. The fourth-order valence-corrected chi connectivity index (χ4v) is 9.05. The van der Waals surface area contributed by atoms with Crippen molar-refractivity contribution in [2.45, 2.75) is 138 Å². The smallest absolute Gasteiger partial charge is 0.339 e. The molecule has 0 aliphatic heterocycles. The molecular formula is C40H61NO5S. The number of nitrogens with zero attached hydrogens (tertiary/aromatic N) is 1. The van der Waals surface area contributed by atoms with Crippen LogP contribution in [0.15, 0.2) is 18.7 Å². The lowest BCUT2D eigenvalue weighted by Crippen LogP contribution is -2.33. The molecule has 0 aromatic carbocycles. The molecular weight excluding hydrogens is 607 g/mol. The highest BCUT2D eigenvalue weighted by molar-refractivity contribution is 7.12. The van der Waals surface area contributed by atoms with Crippen LogP contribution in [0.25, 0.3) is 0 Å². The topological polar surface area (TPSA) is 74.7 Å². The summed E-state index contributed by atoms with van der Waals surface area (Å²) in [7, 11) is 3.18. The molecule has 3 rings (SSSR count). The van der Waals surface area contributed by atoms with Gasteiger partial charge in [-0.1, -0.05) is 39.2 Å². The molecule has 0 radical (unpaired) electrons. The maximum Gasteiger partial charge on any atom is 0.339 e. The van der Waals surface area contributed by atoms with Gasteiger partial charge in [0.05, 0.1) is 25.7 Å². The van der Waals surface area contributed by atoms with Crippen LogP contribution in [0.5, 0.6) is 5.88 Å². The standard InChI is InChI=1S/C40H61NO5S/c1-12-29(21-23-32-26(4)24-27(5)41-37(32)44-10)16-14-19-34-35(39(43)45-11)28(6)36(47-34)31(13-2)30-17-15-18-33(25(3)20-22-30)38(42)46-40(7,8)9/h13,24-25,29-31,33H,2,12,14-23H2,1,3-11H3/t25?,29?,30?,31-,33?/m1/s1. The Bertz CT molecular complexity index is 1360. The number of carbonyl (C=O) groups excluding carboxylic acids is 2. The van der Waals surface area contributed by atoms with E-state index in [-0.39, 0.29) is 29.7 Å². The lowest BCUT2D eigenvalue weighted by Gasteiger charge is -2.33. The van der Waals surface area contributed by atoms with Crippen molar-refractivity contribution in [3.63, 3.8) is 0 Å². The van der Waals surface area contributed by atoms with Crippen LogP contribution in [0.2, 0.25) is 0 Å². The van der Waals surface area contributed by atoms with E-state index < -0.39 is 5.60 Å². The van der Waals surface area contributed by atoms with E-state index in [4.69, 9.17) is 14.2 Å². The zero-order valence-corrected chi connectivity index (χ0v) is 31.7. The summed E-state index contributed by atoms with van der Waals surface area (Å²) in [6, 6.07) is 2.14. The monoisotopic (exact) mass is 667 g/mol. The van der Waals surface area contributed by atoms with Crippen LogP contribution in [0, 0.1) is 44.4 Å². The van der Waals surface area contributed by atoms with Gasteiger partial charge in [0.15, 0.2) is 0 Å². The number of ether oxygens (including phenoxy) is 3. The summed E-state index contributed by atoms with van der Waals surface area (Å²) in [5.41, 5.74) is 4.77. The van der Waals surface area contributed by atoms with Crippen molar-refractivity contribution >= 4 is 23.3 Å². The first kappa shape index (κ1) is 38.8. The molecule has 0 spiro atoms. The Morgan fingerprint density at radius 3 is 2.43 bits per heavy atom. The molecule has 0 bridgehead atoms. The average Bonchev–Trinajstić information content (AvgIpc) is 3.32. The van der Waals surface area contributed by atoms with Gasteiger partial charge in [0.25, 0.3) is 0 Å². The van der Waals surface area contributed by atoms with Gasteiger partial charge in [-0.05, 0) is 128 Å². The van der Waals surface area contributed by atoms with E-state index >= 15 is 0 Å². The average molecular weight is 668 g/mol. The molecule has 4 unspecified atom stereocenters. The van der Waals surface area contributed by atoms with Gasteiger partial charge in [0, 0.05) is 26.9 Å². The van der Waals surface area contributed by atoms with Crippen LogP contribution in [-0.2, 0) is 27.1 Å². The van der Waals surface area contributed by atoms with E-state index in [1.54, 1.807) is 18.4 Å². The molecule has 5 atom stereocenters. The molecule has 1 aliphatic rings. The summed E-state index contributed by atoms with van der Waals surface area (Å²) >= 11 is 1.79. The number of hydrogen-bond acceptors (Lipinski definition) is 7. The predicted molar refractivity (Wildman–Crippen MR) is 194 cm³/mol. The van der Waals surface area contributed by atoms with E-state index in [1.807, 2.05) is 27.7 Å². The quantitative estimate of drug-likeness (QED) is 0.147. The SMILES string of the molecule is C=C[C@@H](c1sc(CCCC(CC)CCc2c(C)cc(C)nc2OC)c(C(=O)OC)c1C)C1CCCC(C(=O)OC(C)(C)C)C(C)CC1. The fraction of sp³-hybridized carbons (Fsp3) is 0.675. The Labute approximate surface area is 289 Å². The number of rotatable bonds is 14. The highest BCUT2D eigenvalue weighted by Crippen LogP contribution is 2.44. The second-order valence-corrected chi connectivity index (χ2v) is 15.9. The number of methoxy groups -OCH3 is 2. The summed E-state index contributed by atoms with van der Waals surface area (Å²) in [5, 5.41) is 0. The van der Waals surface area contributed by atoms with Gasteiger partial charge < -0.3 is 14.2 Å². The normalized spacial score (nSPS) is 20.1. The van der Waals surface area contributed by atoms with Gasteiger partial charge in [0.2, 0.25) is 5.88 Å². The molecule has 1 saturated carbocycles. The van der Waals surface area contributed by atoms with Gasteiger partial charge >= 0.3 is 11.9 Å². The lowest BCUT2D eigenvalue weighted by atomic mass is 9.74. The third-order valence-electron chi connectivity index (χ3n) is 10.2. The zero-order valence-electron chi connectivity index (χ0n) is 30.9. The van der Waals surface area contributed by atoms with Crippen LogP contribution in [0.3, 0.4) is 0 Å². The number of pyridine rings is 1. The van der Waals surface area contributed by atoms with Crippen molar-refractivity contribution in [1.29, 1.82) is 0 Å². The molecule has 7 heteroatoms. The third-order valence-corrected chi connectivity index (χ3v) is 11.7. The first-order valence-electron chi connectivity index (χ1n) is 17.8. The number of aromatic nitrogens is 1. The zero-order chi connectivity index (χ0) is 34.9. The van der Waals surface area contributed by atoms with Crippen LogP contribution in [0.1, 0.15) is 141 Å². The molecule has 262 valence electrons. The Balaban J connectivity index is 1.72. The molecule has 0 amide bonds. The number of allylic oxidation sites excluding steroid dienone is 1. The van der Waals surface area contributed by atoms with Crippen molar-refractivity contribution in [3.8, 4) is 5.88 Å². The number of hydrogen-bond donors (Lipinski definition) is 0. The van der Waals surface area contributed by atoms with Crippen LogP contribution in [0.4, 0.5) is 0 Å². The molecule has 0 N–H and O–H groups in total. The predicted octanol–water partition coefficient (Wildman–Crippen LogP) is 10.3. The van der Waals surface area contributed by atoms with Gasteiger partial charge in [-0.15, -0.1) is 17.9 Å². The molecule has 2 heterocycles. The Morgan fingerprint density at radius 2 is 1.81 bits per heavy atom. The van der Waals surface area contributed by atoms with Crippen molar-refractivity contribution in [3.05, 3.63) is 56.4 Å². The third kappa shape index (κ3) is 10.4. The lowest BCUT2D eigenvalue weighted by molar-refractivity contribution is -0.162. The fourth-order valence-electron chi connectivity index (χ4n) is 7.52. The largest absolute Gasteiger partial charge is 0.481 e. The molecule has 2 aromatic heterocycles. The second-order valence-electron chi connectivity index (χ2n) is 14.8. The van der Waals surface area contributed by atoms with E-state index in [9.17, 15) is 9.59 Å². The van der Waals surface area contributed by atoms with Gasteiger partial charge in [-0.25, -0.2) is 9.78 Å². The Kier molecular flexibility index (Phi) is 14.6. The first-order valence-corrected chi connectivity index (χ1v) is 18.6. The minimum absolute atomic E-state index is 0.0510. The number of thiophene rings is 1. The molecule has 1 fully saturated rings. The van der Waals surface area contributed by atoms with Crippen LogP contribution < -0.4 is 4.74 Å². The first-order chi connectivity index (χ1) is 22.2. The van der Waals surface area contributed by atoms with E-state index in [0.29, 0.717) is 11.8 Å². The number of aryl methyl sites for hydroxylation is 3. The maximum atomic E-state index is 13.1. The van der Waals surface area contributed by atoms with Crippen molar-refractivity contribution in [1.82, 2.24) is 4.98 Å². The Hall–Kier alpha value is -2.67. The number of carbonyl (C=O) groups is 2. The molecule has 47 heavy (non-hydrogen) atoms. The highest BCUT2D eigenvalue weighted by atomic mass is 32.1. The second kappa shape index (κ2) is 17.6. The van der Waals surface area contributed by atoms with Gasteiger partial charge in [0.1, 0.15) is 5.60 Å². The van der Waals surface area contributed by atoms with E-state index in [2.05, 4.69) is 51.4 Å². The van der Waals surface area contributed by atoms with Gasteiger partial charge in [-0.3, -0.25) is 4.79 Å². The molecule has 1 aliphatic carbocycles. The maximum absolute atomic E-state index is 13.1. The number of esters is 2. The molecule has 6 nitrogen and oxygen atoms in total. The van der Waals surface area contributed by atoms with Crippen molar-refractivity contribution in [2.75, 3.05) is 14.2 Å². The van der Waals surface area contributed by atoms with Crippen LogP contribution in [-0.4, -0.2) is 36.7 Å². The highest BCUT2D eigenvalue weighted by Gasteiger charge is 2.34. The Morgan fingerprint density at radius 1 is 1.09 bits per heavy atom.